The molecule has 0 aliphatic carbocycles. The lowest BCUT2D eigenvalue weighted by atomic mass is 10.2. The predicted octanol–water partition coefficient (Wildman–Crippen LogP) is 1.58. The Morgan fingerprint density at radius 2 is 2.28 bits per heavy atom. The van der Waals surface area contributed by atoms with E-state index in [2.05, 4.69) is 5.32 Å². The van der Waals surface area contributed by atoms with Gasteiger partial charge in [0.1, 0.15) is 11.6 Å². The second-order valence-electron chi connectivity index (χ2n) is 3.97. The van der Waals surface area contributed by atoms with Gasteiger partial charge < -0.3 is 15.8 Å². The SMILES string of the molecule is CCCNC(=O)C(C)Oc1cccc(F)c1CN. The van der Waals surface area contributed by atoms with E-state index in [1.54, 1.807) is 13.0 Å². The summed E-state index contributed by atoms with van der Waals surface area (Å²) in [4.78, 5) is 11.6. The molecule has 5 heteroatoms. The fourth-order valence-electron chi connectivity index (χ4n) is 1.48. The third-order valence-corrected chi connectivity index (χ3v) is 2.50. The minimum Gasteiger partial charge on any atom is -0.480 e. The summed E-state index contributed by atoms with van der Waals surface area (Å²) in [5, 5.41) is 2.72. The molecule has 0 aliphatic heterocycles. The zero-order valence-corrected chi connectivity index (χ0v) is 10.7. The standard InChI is InChI=1S/C13H19FN2O2/c1-3-7-16-13(17)9(2)18-12-6-4-5-11(14)10(12)8-15/h4-6,9H,3,7-8,15H2,1-2H3,(H,16,17). The minimum absolute atomic E-state index is 0.0330. The largest absolute Gasteiger partial charge is 0.480 e. The molecule has 0 aromatic heterocycles. The number of rotatable bonds is 6. The van der Waals surface area contributed by atoms with Gasteiger partial charge in [-0.1, -0.05) is 13.0 Å². The second kappa shape index (κ2) is 6.96. The van der Waals surface area contributed by atoms with Gasteiger partial charge in [-0.2, -0.15) is 0 Å². The summed E-state index contributed by atoms with van der Waals surface area (Å²) in [6.07, 6.45) is 0.176. The lowest BCUT2D eigenvalue weighted by molar-refractivity contribution is -0.127. The third-order valence-electron chi connectivity index (χ3n) is 2.50. The molecule has 3 N–H and O–H groups in total. The van der Waals surface area contributed by atoms with Crippen molar-refractivity contribution in [1.29, 1.82) is 0 Å². The van der Waals surface area contributed by atoms with Crippen LogP contribution < -0.4 is 15.8 Å². The summed E-state index contributed by atoms with van der Waals surface area (Å²) in [7, 11) is 0. The van der Waals surface area contributed by atoms with Crippen LogP contribution in [-0.2, 0) is 11.3 Å². The molecule has 1 aromatic carbocycles. The average Bonchev–Trinajstić information content (AvgIpc) is 2.36. The van der Waals surface area contributed by atoms with Crippen LogP contribution in [0.2, 0.25) is 0 Å². The van der Waals surface area contributed by atoms with Crippen molar-refractivity contribution in [3.8, 4) is 5.75 Å². The number of nitrogens with one attached hydrogen (secondary N) is 1. The number of nitrogens with two attached hydrogens (primary N) is 1. The summed E-state index contributed by atoms with van der Waals surface area (Å²) in [5.41, 5.74) is 5.75. The lowest BCUT2D eigenvalue weighted by Crippen LogP contribution is -2.36. The first-order valence-electron chi connectivity index (χ1n) is 6.02. The summed E-state index contributed by atoms with van der Waals surface area (Å²) >= 11 is 0. The van der Waals surface area contributed by atoms with E-state index in [4.69, 9.17) is 10.5 Å². The summed E-state index contributed by atoms with van der Waals surface area (Å²) in [6, 6.07) is 4.45. The van der Waals surface area contributed by atoms with Gasteiger partial charge in [0, 0.05) is 18.7 Å². The Morgan fingerprint density at radius 3 is 2.89 bits per heavy atom. The number of carbonyl (C=O) groups is 1. The fourth-order valence-corrected chi connectivity index (χ4v) is 1.48. The van der Waals surface area contributed by atoms with Gasteiger partial charge in [0.2, 0.25) is 0 Å². The number of hydrogen-bond acceptors (Lipinski definition) is 3. The van der Waals surface area contributed by atoms with E-state index < -0.39 is 11.9 Å². The first-order valence-corrected chi connectivity index (χ1v) is 6.02. The van der Waals surface area contributed by atoms with E-state index in [1.165, 1.54) is 12.1 Å². The zero-order chi connectivity index (χ0) is 13.5. The highest BCUT2D eigenvalue weighted by molar-refractivity contribution is 5.80. The Labute approximate surface area is 106 Å². The smallest absolute Gasteiger partial charge is 0.260 e. The van der Waals surface area contributed by atoms with Gasteiger partial charge in [-0.15, -0.1) is 0 Å². The molecule has 0 bridgehead atoms. The minimum atomic E-state index is -0.677. The third kappa shape index (κ3) is 3.70. The highest BCUT2D eigenvalue weighted by Crippen LogP contribution is 2.21. The monoisotopic (exact) mass is 254 g/mol. The highest BCUT2D eigenvalue weighted by Gasteiger charge is 2.16. The van der Waals surface area contributed by atoms with Crippen molar-refractivity contribution < 1.29 is 13.9 Å². The van der Waals surface area contributed by atoms with Gasteiger partial charge in [-0.05, 0) is 25.5 Å². The molecule has 4 nitrogen and oxygen atoms in total. The van der Waals surface area contributed by atoms with Gasteiger partial charge in [0.25, 0.3) is 5.91 Å². The maximum Gasteiger partial charge on any atom is 0.260 e. The van der Waals surface area contributed by atoms with Gasteiger partial charge in [0.15, 0.2) is 6.10 Å². The van der Waals surface area contributed by atoms with Crippen molar-refractivity contribution in [1.82, 2.24) is 5.32 Å². The number of benzene rings is 1. The summed E-state index contributed by atoms with van der Waals surface area (Å²) < 4.78 is 18.9. The van der Waals surface area contributed by atoms with E-state index in [0.717, 1.165) is 6.42 Å². The predicted molar refractivity (Wildman–Crippen MR) is 67.7 cm³/mol. The van der Waals surface area contributed by atoms with Crippen molar-refractivity contribution in [2.45, 2.75) is 32.9 Å². The van der Waals surface area contributed by atoms with Crippen LogP contribution in [0.3, 0.4) is 0 Å². The summed E-state index contributed by atoms with van der Waals surface area (Å²) in [5.74, 6) is -0.322. The Hall–Kier alpha value is -1.62. The van der Waals surface area contributed by atoms with E-state index in [-0.39, 0.29) is 18.0 Å². The molecule has 0 heterocycles. The molecule has 1 amide bonds. The van der Waals surface area contributed by atoms with E-state index in [9.17, 15) is 9.18 Å². The van der Waals surface area contributed by atoms with Crippen molar-refractivity contribution in [3.63, 3.8) is 0 Å². The van der Waals surface area contributed by atoms with Crippen LogP contribution in [0.15, 0.2) is 18.2 Å². The van der Waals surface area contributed by atoms with Crippen LogP contribution in [0.25, 0.3) is 0 Å². The second-order valence-corrected chi connectivity index (χ2v) is 3.97. The molecule has 100 valence electrons. The molecule has 1 aromatic rings. The molecule has 0 radical (unpaired) electrons. The first-order chi connectivity index (χ1) is 8.60. The molecule has 18 heavy (non-hydrogen) atoms. The normalized spacial score (nSPS) is 12.0. The van der Waals surface area contributed by atoms with E-state index in [0.29, 0.717) is 12.3 Å². The maximum atomic E-state index is 13.4. The molecular weight excluding hydrogens is 235 g/mol. The van der Waals surface area contributed by atoms with Gasteiger partial charge in [-0.3, -0.25) is 4.79 Å². The molecule has 0 spiro atoms. The zero-order valence-electron chi connectivity index (χ0n) is 10.7. The number of amides is 1. The number of ether oxygens (including phenoxy) is 1. The number of halogens is 1. The first kappa shape index (κ1) is 14.4. The van der Waals surface area contributed by atoms with Gasteiger partial charge in [0.05, 0.1) is 0 Å². The number of carbonyl (C=O) groups excluding carboxylic acids is 1. The topological polar surface area (TPSA) is 64.3 Å². The Morgan fingerprint density at radius 1 is 1.56 bits per heavy atom. The van der Waals surface area contributed by atoms with Crippen LogP contribution in [0, 0.1) is 5.82 Å². The Bertz CT molecular complexity index is 410. The van der Waals surface area contributed by atoms with Crippen LogP contribution in [0.1, 0.15) is 25.8 Å². The molecule has 0 aliphatic rings. The maximum absolute atomic E-state index is 13.4. The molecule has 1 atom stereocenters. The van der Waals surface area contributed by atoms with Crippen molar-refractivity contribution in [3.05, 3.63) is 29.6 Å². The lowest BCUT2D eigenvalue weighted by Gasteiger charge is -2.16. The van der Waals surface area contributed by atoms with Crippen molar-refractivity contribution in [2.24, 2.45) is 5.73 Å². The van der Waals surface area contributed by atoms with Crippen LogP contribution in [-0.4, -0.2) is 18.6 Å². The molecule has 1 unspecified atom stereocenters. The molecule has 0 fully saturated rings. The van der Waals surface area contributed by atoms with Crippen LogP contribution in [0.4, 0.5) is 4.39 Å². The molecule has 0 saturated carbocycles. The Balaban J connectivity index is 2.72. The van der Waals surface area contributed by atoms with Gasteiger partial charge >= 0.3 is 0 Å². The van der Waals surface area contributed by atoms with Crippen LogP contribution in [0.5, 0.6) is 5.75 Å². The van der Waals surface area contributed by atoms with Crippen molar-refractivity contribution in [2.75, 3.05) is 6.54 Å². The average molecular weight is 254 g/mol. The van der Waals surface area contributed by atoms with Crippen LogP contribution >= 0.6 is 0 Å². The van der Waals surface area contributed by atoms with E-state index >= 15 is 0 Å². The fraction of sp³-hybridized carbons (Fsp3) is 0.462. The molecular formula is C13H19FN2O2. The van der Waals surface area contributed by atoms with Crippen molar-refractivity contribution >= 4 is 5.91 Å². The molecule has 0 saturated heterocycles. The van der Waals surface area contributed by atoms with Gasteiger partial charge in [-0.25, -0.2) is 4.39 Å². The quantitative estimate of drug-likeness (QED) is 0.810. The van der Waals surface area contributed by atoms with E-state index in [1.807, 2.05) is 6.92 Å². The Kier molecular flexibility index (Phi) is 5.58. The highest BCUT2D eigenvalue weighted by atomic mass is 19.1. The molecule has 1 rings (SSSR count). The number of hydrogen-bond donors (Lipinski definition) is 2. The summed E-state index contributed by atoms with van der Waals surface area (Å²) in [6.45, 7) is 4.21.